The fraction of sp³-hybridized carbons (Fsp3) is 0.879. The molecule has 0 aromatic carbocycles. The zero-order valence-electron chi connectivity index (χ0n) is 25.9. The molecule has 6 rings (SSSR count). The van der Waals surface area contributed by atoms with Gasteiger partial charge in [-0.25, -0.2) is 0 Å². The van der Waals surface area contributed by atoms with Gasteiger partial charge in [0.25, 0.3) is 5.91 Å². The first kappa shape index (κ1) is 29.6. The first-order valence-electron chi connectivity index (χ1n) is 17.0. The van der Waals surface area contributed by atoms with Gasteiger partial charge >= 0.3 is 0 Å². The lowest BCUT2D eigenvalue weighted by atomic mass is 9.65. The number of amides is 1. The van der Waals surface area contributed by atoms with Gasteiger partial charge in [0, 0.05) is 43.8 Å². The molecule has 3 aliphatic carbocycles. The molecule has 41 heavy (non-hydrogen) atoms. The fourth-order valence-corrected chi connectivity index (χ4v) is 9.26. The van der Waals surface area contributed by atoms with Crippen molar-refractivity contribution in [2.24, 2.45) is 17.8 Å². The summed E-state index contributed by atoms with van der Waals surface area (Å²) < 4.78 is 7.09. The predicted octanol–water partition coefficient (Wildman–Crippen LogP) is 3.17. The third-order valence-electron chi connectivity index (χ3n) is 11.5. The molecule has 6 aliphatic rings. The number of unbranched alkanes of at least 4 members (excludes halogenated alkanes) is 1. The number of fused-ring (bicyclic) bond motifs is 3. The van der Waals surface area contributed by atoms with Crippen LogP contribution in [0.3, 0.4) is 0 Å². The Bertz CT molecular complexity index is 971. The maximum Gasteiger partial charge on any atom is 0.256 e. The first-order valence-corrected chi connectivity index (χ1v) is 17.0. The minimum Gasteiger partial charge on any atom is -0.369 e. The summed E-state index contributed by atoms with van der Waals surface area (Å²) in [5, 5.41) is 6.99. The maximum atomic E-state index is 13.9. The molecule has 9 atom stereocenters. The van der Waals surface area contributed by atoms with E-state index in [9.17, 15) is 9.59 Å². The number of likely N-dealkylation sites (tertiary alicyclic amines) is 1. The number of carbonyl (C=O) groups excluding carboxylic acids is 2. The number of carbonyl (C=O) groups is 2. The lowest BCUT2D eigenvalue weighted by Crippen LogP contribution is -2.71. The Labute approximate surface area is 248 Å². The molecular formula is C33H55N5O3. The Balaban J connectivity index is 1.19. The van der Waals surface area contributed by atoms with Crippen LogP contribution in [0.5, 0.6) is 0 Å². The quantitative estimate of drug-likeness (QED) is 0.309. The van der Waals surface area contributed by atoms with Gasteiger partial charge in [-0.3, -0.25) is 14.5 Å². The van der Waals surface area contributed by atoms with Crippen molar-refractivity contribution < 1.29 is 14.3 Å². The molecule has 3 saturated carbocycles. The Morgan fingerprint density at radius 1 is 1.02 bits per heavy atom. The highest BCUT2D eigenvalue weighted by atomic mass is 16.5. The van der Waals surface area contributed by atoms with Crippen molar-refractivity contribution in [3.63, 3.8) is 0 Å². The summed E-state index contributed by atoms with van der Waals surface area (Å²) in [6.07, 6.45) is 16.1. The van der Waals surface area contributed by atoms with Gasteiger partial charge < -0.3 is 25.2 Å². The van der Waals surface area contributed by atoms with Crippen molar-refractivity contribution in [2.45, 2.75) is 120 Å². The number of Topliss-reactive ketones (excluding diaryl/α,β-unsaturated/α-hetero) is 1. The van der Waals surface area contributed by atoms with E-state index in [0.717, 1.165) is 70.0 Å². The summed E-state index contributed by atoms with van der Waals surface area (Å²) in [7, 11) is 4.14. The molecule has 0 radical (unpaired) electrons. The Morgan fingerprint density at radius 2 is 1.83 bits per heavy atom. The molecule has 0 aromatic rings. The Kier molecular flexibility index (Phi) is 9.40. The average molecular weight is 570 g/mol. The molecule has 0 bridgehead atoms. The maximum absolute atomic E-state index is 13.9. The van der Waals surface area contributed by atoms with Gasteiger partial charge in [0.1, 0.15) is 0 Å². The summed E-state index contributed by atoms with van der Waals surface area (Å²) in [4.78, 5) is 34.5. The fourth-order valence-electron chi connectivity index (χ4n) is 9.26. The summed E-state index contributed by atoms with van der Waals surface area (Å²) in [5.41, 5.74) is 0.387. The molecule has 8 nitrogen and oxygen atoms in total. The molecule has 3 aliphatic heterocycles. The molecule has 1 amide bonds. The number of hydrogen-bond acceptors (Lipinski definition) is 7. The second kappa shape index (κ2) is 13.0. The van der Waals surface area contributed by atoms with E-state index in [1.165, 1.54) is 45.1 Å². The van der Waals surface area contributed by atoms with Crippen LogP contribution >= 0.6 is 0 Å². The SMILES string of the molecule is CC1CCCN1CCNC1CCC2C(=O)C(C(=O)NCCCCN(C)C)=CN3C4CC5CCCCC5CC4OC1C23. The minimum absolute atomic E-state index is 0.00184. The van der Waals surface area contributed by atoms with Crippen LogP contribution in [-0.2, 0) is 14.3 Å². The molecule has 3 heterocycles. The number of morpholine rings is 1. The number of rotatable bonds is 10. The highest BCUT2D eigenvalue weighted by Crippen LogP contribution is 2.49. The Morgan fingerprint density at radius 3 is 2.59 bits per heavy atom. The second-order valence-electron chi connectivity index (χ2n) is 14.4. The monoisotopic (exact) mass is 569 g/mol. The number of nitrogens with zero attached hydrogens (tertiary/aromatic N) is 3. The average Bonchev–Trinajstić information content (AvgIpc) is 3.37. The molecule has 2 N–H and O–H groups in total. The van der Waals surface area contributed by atoms with E-state index in [4.69, 9.17) is 4.74 Å². The van der Waals surface area contributed by atoms with Gasteiger partial charge in [0.2, 0.25) is 0 Å². The van der Waals surface area contributed by atoms with E-state index >= 15 is 0 Å². The van der Waals surface area contributed by atoms with Gasteiger partial charge in [0.15, 0.2) is 5.78 Å². The molecule has 0 aromatic heterocycles. The number of hydrogen-bond donors (Lipinski definition) is 2. The van der Waals surface area contributed by atoms with Crippen LogP contribution in [-0.4, -0.2) is 110 Å². The second-order valence-corrected chi connectivity index (χ2v) is 14.4. The highest BCUT2D eigenvalue weighted by molar-refractivity contribution is 6.20. The molecule has 5 fully saturated rings. The van der Waals surface area contributed by atoms with Crippen LogP contribution in [0.25, 0.3) is 0 Å². The standard InChI is InChI=1S/C33H55N5O3/c1-22-9-8-17-37(22)18-15-34-27-13-12-25-30-32(27)41-29-20-24-11-5-4-10-23(24)19-28(29)38(30)21-26(31(25)39)33(40)35-14-6-7-16-36(2)3/h21-25,27-30,32,34H,4-20H2,1-3H3,(H,35,40). The van der Waals surface area contributed by atoms with E-state index in [2.05, 4.69) is 46.4 Å². The van der Waals surface area contributed by atoms with E-state index in [-0.39, 0.29) is 47.9 Å². The molecule has 2 saturated heterocycles. The molecule has 230 valence electrons. The lowest BCUT2D eigenvalue weighted by Gasteiger charge is -2.60. The highest BCUT2D eigenvalue weighted by Gasteiger charge is 2.57. The molecule has 9 unspecified atom stereocenters. The zero-order valence-corrected chi connectivity index (χ0v) is 25.9. The van der Waals surface area contributed by atoms with Crippen molar-refractivity contribution >= 4 is 11.7 Å². The molecule has 0 spiro atoms. The van der Waals surface area contributed by atoms with E-state index in [1.54, 1.807) is 0 Å². The third kappa shape index (κ3) is 6.27. The lowest BCUT2D eigenvalue weighted by molar-refractivity contribution is -0.200. The predicted molar refractivity (Wildman–Crippen MR) is 161 cm³/mol. The summed E-state index contributed by atoms with van der Waals surface area (Å²) >= 11 is 0. The van der Waals surface area contributed by atoms with E-state index in [0.29, 0.717) is 18.2 Å². The van der Waals surface area contributed by atoms with Crippen molar-refractivity contribution in [1.82, 2.24) is 25.3 Å². The molecule has 8 heteroatoms. The smallest absolute Gasteiger partial charge is 0.256 e. The first-order chi connectivity index (χ1) is 19.9. The van der Waals surface area contributed by atoms with Gasteiger partial charge in [-0.15, -0.1) is 0 Å². The summed E-state index contributed by atoms with van der Waals surface area (Å²) in [6.45, 7) is 7.23. The summed E-state index contributed by atoms with van der Waals surface area (Å²) in [6, 6.07) is 1.25. The topological polar surface area (TPSA) is 77.2 Å². The summed E-state index contributed by atoms with van der Waals surface area (Å²) in [5.74, 6) is 1.23. The van der Waals surface area contributed by atoms with Gasteiger partial charge in [0.05, 0.1) is 29.9 Å². The van der Waals surface area contributed by atoms with Gasteiger partial charge in [-0.1, -0.05) is 25.7 Å². The van der Waals surface area contributed by atoms with Crippen LogP contribution < -0.4 is 10.6 Å². The van der Waals surface area contributed by atoms with E-state index < -0.39 is 0 Å². The minimum atomic E-state index is -0.177. The van der Waals surface area contributed by atoms with Crippen LogP contribution in [0.2, 0.25) is 0 Å². The third-order valence-corrected chi connectivity index (χ3v) is 11.5. The largest absolute Gasteiger partial charge is 0.369 e. The van der Waals surface area contributed by atoms with E-state index in [1.807, 2.05) is 6.20 Å². The van der Waals surface area contributed by atoms with Crippen molar-refractivity contribution in [3.8, 4) is 0 Å². The van der Waals surface area contributed by atoms with Gasteiger partial charge in [-0.05, 0) is 97.3 Å². The van der Waals surface area contributed by atoms with Crippen molar-refractivity contribution in [1.29, 1.82) is 0 Å². The normalized spacial score (nSPS) is 38.7. The van der Waals surface area contributed by atoms with Crippen molar-refractivity contribution in [3.05, 3.63) is 11.8 Å². The zero-order chi connectivity index (χ0) is 28.5. The van der Waals surface area contributed by atoms with Crippen LogP contribution in [0.4, 0.5) is 0 Å². The van der Waals surface area contributed by atoms with Crippen LogP contribution in [0.15, 0.2) is 11.8 Å². The molecular weight excluding hydrogens is 514 g/mol. The Hall–Kier alpha value is -1.48. The number of ether oxygens (including phenoxy) is 1. The van der Waals surface area contributed by atoms with Crippen LogP contribution in [0, 0.1) is 17.8 Å². The number of nitrogens with one attached hydrogen (secondary N) is 2. The number of ketones is 1. The van der Waals surface area contributed by atoms with Crippen LogP contribution in [0.1, 0.15) is 84.0 Å². The van der Waals surface area contributed by atoms with Gasteiger partial charge in [-0.2, -0.15) is 0 Å². The van der Waals surface area contributed by atoms with Crippen molar-refractivity contribution in [2.75, 3.05) is 46.8 Å².